The average Bonchev–Trinajstić information content (AvgIpc) is 1.95. The highest BCUT2D eigenvalue weighted by atomic mass is 32.2. The van der Waals surface area contributed by atoms with Gasteiger partial charge in [0.25, 0.3) is 10.1 Å². The van der Waals surface area contributed by atoms with Crippen molar-refractivity contribution in [3.63, 3.8) is 0 Å². The lowest BCUT2D eigenvalue weighted by molar-refractivity contribution is 0.458. The van der Waals surface area contributed by atoms with Crippen LogP contribution < -0.4 is 5.73 Å². The van der Waals surface area contributed by atoms with Crippen molar-refractivity contribution in [3.05, 3.63) is 0 Å². The molecule has 74 valence electrons. The maximum absolute atomic E-state index is 10.6. The van der Waals surface area contributed by atoms with Gasteiger partial charge in [0.1, 0.15) is 0 Å². The third kappa shape index (κ3) is 4.69. The van der Waals surface area contributed by atoms with E-state index >= 15 is 0 Å². The Morgan fingerprint density at radius 3 is 2.33 bits per heavy atom. The first-order valence-corrected chi connectivity index (χ1v) is 5.69. The summed E-state index contributed by atoms with van der Waals surface area (Å²) in [6.07, 6.45) is 3.27. The predicted molar refractivity (Wildman–Crippen MR) is 48.5 cm³/mol. The molecule has 0 rings (SSSR count). The molecule has 0 fully saturated rings. The first-order chi connectivity index (χ1) is 5.52. The fourth-order valence-corrected chi connectivity index (χ4v) is 1.72. The molecule has 0 aromatic rings. The van der Waals surface area contributed by atoms with Gasteiger partial charge in [-0.2, -0.15) is 8.42 Å². The minimum Gasteiger partial charge on any atom is -0.329 e. The number of hydrogen-bond acceptors (Lipinski definition) is 3. The van der Waals surface area contributed by atoms with Gasteiger partial charge < -0.3 is 5.73 Å². The fraction of sp³-hybridized carbons (Fsp3) is 1.00. The fourth-order valence-electron chi connectivity index (χ4n) is 1.01. The van der Waals surface area contributed by atoms with Crippen LogP contribution in [0.1, 0.15) is 32.6 Å². The Hall–Kier alpha value is -0.130. The summed E-state index contributed by atoms with van der Waals surface area (Å²) in [4.78, 5) is 0. The summed E-state index contributed by atoms with van der Waals surface area (Å²) >= 11 is 0. The molecule has 0 aliphatic rings. The lowest BCUT2D eigenvalue weighted by Gasteiger charge is -2.09. The minimum atomic E-state index is -3.92. The van der Waals surface area contributed by atoms with E-state index in [9.17, 15) is 8.42 Å². The van der Waals surface area contributed by atoms with Crippen LogP contribution in [0, 0.1) is 0 Å². The van der Waals surface area contributed by atoms with Gasteiger partial charge in [-0.1, -0.05) is 26.2 Å². The molecular formula is C7H17NO3S. The largest absolute Gasteiger partial charge is 0.329 e. The normalized spacial score (nSPS) is 14.6. The van der Waals surface area contributed by atoms with Crippen molar-refractivity contribution in [2.24, 2.45) is 5.73 Å². The Labute approximate surface area is 73.9 Å². The van der Waals surface area contributed by atoms with Crippen LogP contribution in [-0.2, 0) is 10.1 Å². The van der Waals surface area contributed by atoms with Crippen LogP contribution in [-0.4, -0.2) is 24.8 Å². The van der Waals surface area contributed by atoms with E-state index in [-0.39, 0.29) is 6.54 Å². The number of unbranched alkanes of at least 4 members (excludes halogenated alkanes) is 2. The molecule has 12 heavy (non-hydrogen) atoms. The Morgan fingerprint density at radius 2 is 2.00 bits per heavy atom. The third-order valence-electron chi connectivity index (χ3n) is 1.81. The highest BCUT2D eigenvalue weighted by Crippen LogP contribution is 2.08. The summed E-state index contributed by atoms with van der Waals surface area (Å²) in [7, 11) is -3.92. The summed E-state index contributed by atoms with van der Waals surface area (Å²) in [5.74, 6) is 0. The van der Waals surface area contributed by atoms with Crippen LogP contribution in [0.5, 0.6) is 0 Å². The molecule has 5 heteroatoms. The van der Waals surface area contributed by atoms with Crippen molar-refractivity contribution >= 4 is 10.1 Å². The second kappa shape index (κ2) is 5.50. The Balaban J connectivity index is 3.85. The molecule has 0 heterocycles. The second-order valence-electron chi connectivity index (χ2n) is 2.87. The lowest BCUT2D eigenvalue weighted by Crippen LogP contribution is -2.29. The van der Waals surface area contributed by atoms with Crippen LogP contribution in [0.25, 0.3) is 0 Å². The van der Waals surface area contributed by atoms with Gasteiger partial charge in [0.05, 0.1) is 5.25 Å². The maximum Gasteiger partial charge on any atom is 0.269 e. The van der Waals surface area contributed by atoms with Gasteiger partial charge >= 0.3 is 0 Å². The molecule has 0 aliphatic heterocycles. The van der Waals surface area contributed by atoms with Gasteiger partial charge in [0.15, 0.2) is 0 Å². The Morgan fingerprint density at radius 1 is 1.42 bits per heavy atom. The smallest absolute Gasteiger partial charge is 0.269 e. The van der Waals surface area contributed by atoms with E-state index in [1.54, 1.807) is 0 Å². The van der Waals surface area contributed by atoms with Crippen molar-refractivity contribution in [2.75, 3.05) is 6.54 Å². The first-order valence-electron chi connectivity index (χ1n) is 4.18. The number of nitrogens with two attached hydrogens (primary N) is 1. The van der Waals surface area contributed by atoms with Gasteiger partial charge in [-0.05, 0) is 6.42 Å². The van der Waals surface area contributed by atoms with Gasteiger partial charge in [-0.25, -0.2) is 0 Å². The molecule has 0 saturated heterocycles. The standard InChI is InChI=1S/C7H17NO3S/c1-2-3-4-5-7(6-8)12(9,10)11/h7H,2-6,8H2,1H3,(H,9,10,11). The predicted octanol–water partition coefficient (Wildman–Crippen LogP) is 0.782. The second-order valence-corrected chi connectivity index (χ2v) is 4.57. The third-order valence-corrected chi connectivity index (χ3v) is 3.08. The number of hydrogen-bond donors (Lipinski definition) is 2. The molecule has 4 nitrogen and oxygen atoms in total. The van der Waals surface area contributed by atoms with Crippen molar-refractivity contribution in [3.8, 4) is 0 Å². The van der Waals surface area contributed by atoms with E-state index in [4.69, 9.17) is 10.3 Å². The molecule has 1 unspecified atom stereocenters. The zero-order valence-electron chi connectivity index (χ0n) is 7.36. The van der Waals surface area contributed by atoms with E-state index in [0.717, 1.165) is 19.3 Å². The van der Waals surface area contributed by atoms with E-state index < -0.39 is 15.4 Å². The van der Waals surface area contributed by atoms with Gasteiger partial charge in [-0.3, -0.25) is 4.55 Å². The molecule has 0 amide bonds. The molecule has 0 aromatic heterocycles. The molecule has 0 bridgehead atoms. The summed E-state index contributed by atoms with van der Waals surface area (Å²) in [5.41, 5.74) is 5.20. The lowest BCUT2D eigenvalue weighted by atomic mass is 10.1. The van der Waals surface area contributed by atoms with E-state index in [2.05, 4.69) is 0 Å². The Kier molecular flexibility index (Phi) is 5.44. The summed E-state index contributed by atoms with van der Waals surface area (Å²) in [5, 5.41) is -0.774. The topological polar surface area (TPSA) is 80.4 Å². The van der Waals surface area contributed by atoms with Crippen LogP contribution in [0.3, 0.4) is 0 Å². The van der Waals surface area contributed by atoms with Crippen LogP contribution >= 0.6 is 0 Å². The molecule has 0 saturated carbocycles. The monoisotopic (exact) mass is 195 g/mol. The SMILES string of the molecule is CCCCCC(CN)S(=O)(=O)O. The van der Waals surface area contributed by atoms with Gasteiger partial charge in [0.2, 0.25) is 0 Å². The van der Waals surface area contributed by atoms with Crippen molar-refractivity contribution in [1.29, 1.82) is 0 Å². The van der Waals surface area contributed by atoms with Crippen LogP contribution in [0.4, 0.5) is 0 Å². The molecule has 3 N–H and O–H groups in total. The molecule has 0 aromatic carbocycles. The first kappa shape index (κ1) is 11.9. The molecule has 1 atom stereocenters. The van der Waals surface area contributed by atoms with Crippen molar-refractivity contribution < 1.29 is 13.0 Å². The summed E-state index contributed by atoms with van der Waals surface area (Å²) in [6.45, 7) is 2.04. The zero-order chi connectivity index (χ0) is 9.61. The zero-order valence-corrected chi connectivity index (χ0v) is 8.18. The van der Waals surface area contributed by atoms with E-state index in [0.29, 0.717) is 6.42 Å². The highest BCUT2D eigenvalue weighted by molar-refractivity contribution is 7.86. The average molecular weight is 195 g/mol. The van der Waals surface area contributed by atoms with Crippen LogP contribution in [0.2, 0.25) is 0 Å². The number of rotatable bonds is 6. The molecule has 0 spiro atoms. The quantitative estimate of drug-likeness (QED) is 0.485. The van der Waals surface area contributed by atoms with Crippen molar-refractivity contribution in [2.45, 2.75) is 37.9 Å². The van der Waals surface area contributed by atoms with Crippen molar-refractivity contribution in [1.82, 2.24) is 0 Å². The maximum atomic E-state index is 10.6. The summed E-state index contributed by atoms with van der Waals surface area (Å²) < 4.78 is 29.9. The van der Waals surface area contributed by atoms with E-state index in [1.807, 2.05) is 6.92 Å². The Bertz CT molecular complexity index is 201. The molecular weight excluding hydrogens is 178 g/mol. The highest BCUT2D eigenvalue weighted by Gasteiger charge is 2.19. The summed E-state index contributed by atoms with van der Waals surface area (Å²) in [6, 6.07) is 0. The van der Waals surface area contributed by atoms with Gasteiger partial charge in [-0.15, -0.1) is 0 Å². The van der Waals surface area contributed by atoms with Crippen LogP contribution in [0.15, 0.2) is 0 Å². The van der Waals surface area contributed by atoms with E-state index in [1.165, 1.54) is 0 Å². The minimum absolute atomic E-state index is 0.00253. The molecule has 0 aliphatic carbocycles. The van der Waals surface area contributed by atoms with Gasteiger partial charge in [0, 0.05) is 6.54 Å². The molecule has 0 radical (unpaired) electrons.